The third-order valence-corrected chi connectivity index (χ3v) is 8.34. The molecule has 5 rings (SSSR count). The van der Waals surface area contributed by atoms with Crippen molar-refractivity contribution in [1.82, 2.24) is 4.57 Å². The van der Waals surface area contributed by atoms with E-state index in [2.05, 4.69) is 20.9 Å². The van der Waals surface area contributed by atoms with Crippen LogP contribution in [0, 0.1) is 0 Å². The van der Waals surface area contributed by atoms with E-state index in [1.54, 1.807) is 24.5 Å². The van der Waals surface area contributed by atoms with Crippen LogP contribution in [0.25, 0.3) is 6.08 Å². The summed E-state index contributed by atoms with van der Waals surface area (Å²) in [6.07, 6.45) is 1.80. The normalized spacial score (nSPS) is 14.8. The van der Waals surface area contributed by atoms with Crippen LogP contribution in [0.2, 0.25) is 5.02 Å². The maximum atomic E-state index is 13.9. The Morgan fingerprint density at radius 1 is 1.02 bits per heavy atom. The molecular formula is C32H28BrClN2O5S. The molecule has 0 amide bonds. The molecule has 10 heteroatoms. The molecule has 7 nitrogen and oxygen atoms in total. The molecule has 0 saturated heterocycles. The molecule has 0 spiro atoms. The van der Waals surface area contributed by atoms with Crippen molar-refractivity contribution in [3.8, 4) is 11.5 Å². The lowest BCUT2D eigenvalue weighted by Crippen LogP contribution is -2.39. The summed E-state index contributed by atoms with van der Waals surface area (Å²) in [5.41, 5.74) is 3.15. The largest absolute Gasteiger partial charge is 0.490 e. The van der Waals surface area contributed by atoms with Gasteiger partial charge in [0.25, 0.3) is 5.56 Å². The zero-order chi connectivity index (χ0) is 29.8. The first-order chi connectivity index (χ1) is 20.3. The summed E-state index contributed by atoms with van der Waals surface area (Å²) in [5.74, 6) is 0.674. The molecule has 216 valence electrons. The number of ether oxygens (including phenoxy) is 3. The Labute approximate surface area is 260 Å². The zero-order valence-corrected chi connectivity index (χ0v) is 26.4. The lowest BCUT2D eigenvalue weighted by Gasteiger charge is -2.24. The molecule has 1 aromatic heterocycles. The third kappa shape index (κ3) is 6.38. The summed E-state index contributed by atoms with van der Waals surface area (Å²) < 4.78 is 20.2. The molecule has 0 unspecified atom stereocenters. The first-order valence-corrected chi connectivity index (χ1v) is 15.4. The van der Waals surface area contributed by atoms with Gasteiger partial charge >= 0.3 is 5.97 Å². The van der Waals surface area contributed by atoms with Crippen molar-refractivity contribution < 1.29 is 19.0 Å². The first-order valence-electron chi connectivity index (χ1n) is 13.4. The fourth-order valence-electron chi connectivity index (χ4n) is 4.65. The molecule has 0 saturated carbocycles. The van der Waals surface area contributed by atoms with E-state index in [4.69, 9.17) is 25.8 Å². The van der Waals surface area contributed by atoms with Crippen molar-refractivity contribution in [2.24, 2.45) is 4.99 Å². The van der Waals surface area contributed by atoms with E-state index in [-0.39, 0.29) is 12.2 Å². The van der Waals surface area contributed by atoms with Gasteiger partial charge in [-0.05, 0) is 79.9 Å². The van der Waals surface area contributed by atoms with Gasteiger partial charge in [0.05, 0.1) is 35.1 Å². The summed E-state index contributed by atoms with van der Waals surface area (Å²) >= 11 is 10.7. The van der Waals surface area contributed by atoms with E-state index < -0.39 is 12.0 Å². The van der Waals surface area contributed by atoms with Crippen LogP contribution >= 0.6 is 38.9 Å². The van der Waals surface area contributed by atoms with Gasteiger partial charge in [-0.2, -0.15) is 0 Å². The first kappa shape index (κ1) is 29.8. The zero-order valence-electron chi connectivity index (χ0n) is 23.2. The van der Waals surface area contributed by atoms with E-state index >= 15 is 0 Å². The molecule has 1 aliphatic heterocycles. The highest BCUT2D eigenvalue weighted by Gasteiger charge is 2.33. The SMILES string of the molecule is CCOC(=O)C1=C(C)N=c2s/c(=C\c3ccc(OCc4ccc(Cl)cc4)c(OCC)c3)c(=O)n2[C@@H]1c1ccc(Br)cc1. The second-order valence-corrected chi connectivity index (χ2v) is 11.8. The number of benzene rings is 3. The number of esters is 1. The number of carbonyl (C=O) groups is 1. The van der Waals surface area contributed by atoms with Crippen LogP contribution in [0.15, 0.2) is 92.3 Å². The average molecular weight is 668 g/mol. The van der Waals surface area contributed by atoms with Crippen molar-refractivity contribution in [3.63, 3.8) is 0 Å². The van der Waals surface area contributed by atoms with Gasteiger partial charge in [0.1, 0.15) is 6.61 Å². The molecule has 1 atom stereocenters. The van der Waals surface area contributed by atoms with Gasteiger partial charge in [-0.25, -0.2) is 9.79 Å². The number of hydrogen-bond acceptors (Lipinski definition) is 7. The number of rotatable bonds is 9. The third-order valence-electron chi connectivity index (χ3n) is 6.58. The standard InChI is InChI=1S/C32H28BrClN2O5S/c1-4-39-26-16-21(8-15-25(26)41-18-20-6-13-24(34)14-7-20)17-27-30(37)36-29(22-9-11-23(33)12-10-22)28(31(38)40-5-2)19(3)35-32(36)42-27/h6-17,29H,4-5,18H2,1-3H3/b27-17-/t29-/m1/s1. The van der Waals surface area contributed by atoms with Gasteiger partial charge in [0, 0.05) is 9.50 Å². The Bertz CT molecular complexity index is 1830. The molecular weight excluding hydrogens is 640 g/mol. The van der Waals surface area contributed by atoms with Gasteiger partial charge in [-0.3, -0.25) is 9.36 Å². The Hall–Kier alpha value is -3.66. The number of carbonyl (C=O) groups excluding carboxylic acids is 1. The van der Waals surface area contributed by atoms with Crippen molar-refractivity contribution in [2.45, 2.75) is 33.4 Å². The predicted octanol–water partition coefficient (Wildman–Crippen LogP) is 6.19. The highest BCUT2D eigenvalue weighted by molar-refractivity contribution is 9.10. The number of hydrogen-bond donors (Lipinski definition) is 0. The molecule has 0 aliphatic carbocycles. The second-order valence-electron chi connectivity index (χ2n) is 9.41. The number of nitrogens with zero attached hydrogens (tertiary/aromatic N) is 2. The molecule has 42 heavy (non-hydrogen) atoms. The van der Waals surface area contributed by atoms with Crippen LogP contribution in [-0.2, 0) is 16.1 Å². The van der Waals surface area contributed by atoms with Gasteiger partial charge in [0.15, 0.2) is 16.3 Å². The summed E-state index contributed by atoms with van der Waals surface area (Å²) in [6.45, 7) is 6.45. The van der Waals surface area contributed by atoms with Gasteiger partial charge < -0.3 is 14.2 Å². The van der Waals surface area contributed by atoms with E-state index in [9.17, 15) is 9.59 Å². The molecule has 0 bridgehead atoms. The Morgan fingerprint density at radius 3 is 2.45 bits per heavy atom. The fourth-order valence-corrected chi connectivity index (χ4v) is 6.08. The van der Waals surface area contributed by atoms with Crippen LogP contribution in [0.3, 0.4) is 0 Å². The highest BCUT2D eigenvalue weighted by Crippen LogP contribution is 2.32. The van der Waals surface area contributed by atoms with Crippen LogP contribution in [-0.4, -0.2) is 23.8 Å². The molecule has 0 radical (unpaired) electrons. The van der Waals surface area contributed by atoms with Crippen molar-refractivity contribution >= 4 is 50.9 Å². The van der Waals surface area contributed by atoms with E-state index in [1.165, 1.54) is 11.3 Å². The molecule has 4 aromatic rings. The number of aromatic nitrogens is 1. The maximum Gasteiger partial charge on any atom is 0.338 e. The van der Waals surface area contributed by atoms with Gasteiger partial charge in [-0.15, -0.1) is 0 Å². The van der Waals surface area contributed by atoms with Crippen LogP contribution < -0.4 is 24.4 Å². The van der Waals surface area contributed by atoms with Crippen LogP contribution in [0.5, 0.6) is 11.5 Å². The number of thiazole rings is 1. The quantitative estimate of drug-likeness (QED) is 0.199. The molecule has 0 fully saturated rings. The molecule has 0 N–H and O–H groups in total. The highest BCUT2D eigenvalue weighted by atomic mass is 79.9. The Kier molecular flexibility index (Phi) is 9.30. The lowest BCUT2D eigenvalue weighted by molar-refractivity contribution is -0.139. The molecule has 2 heterocycles. The average Bonchev–Trinajstić information content (AvgIpc) is 3.27. The van der Waals surface area contributed by atoms with E-state index in [0.29, 0.717) is 50.3 Å². The minimum Gasteiger partial charge on any atom is -0.490 e. The van der Waals surface area contributed by atoms with Crippen LogP contribution in [0.1, 0.15) is 43.5 Å². The smallest absolute Gasteiger partial charge is 0.338 e. The number of fused-ring (bicyclic) bond motifs is 1. The summed E-state index contributed by atoms with van der Waals surface area (Å²) in [7, 11) is 0. The predicted molar refractivity (Wildman–Crippen MR) is 168 cm³/mol. The number of halogens is 2. The summed E-state index contributed by atoms with van der Waals surface area (Å²) in [6, 6.07) is 19.9. The van der Waals surface area contributed by atoms with Crippen LogP contribution in [0.4, 0.5) is 0 Å². The van der Waals surface area contributed by atoms with Crippen molar-refractivity contribution in [1.29, 1.82) is 0 Å². The molecule has 1 aliphatic rings. The monoisotopic (exact) mass is 666 g/mol. The fraction of sp³-hybridized carbons (Fsp3) is 0.219. The summed E-state index contributed by atoms with van der Waals surface area (Å²) in [5, 5.41) is 0.666. The van der Waals surface area contributed by atoms with E-state index in [1.807, 2.05) is 73.7 Å². The topological polar surface area (TPSA) is 79.1 Å². The molecule has 3 aromatic carbocycles. The minimum absolute atomic E-state index is 0.217. The lowest BCUT2D eigenvalue weighted by atomic mass is 9.96. The van der Waals surface area contributed by atoms with Gasteiger partial charge in [0.2, 0.25) is 0 Å². The Balaban J connectivity index is 1.54. The second kappa shape index (κ2) is 13.1. The van der Waals surface area contributed by atoms with E-state index in [0.717, 1.165) is 21.2 Å². The summed E-state index contributed by atoms with van der Waals surface area (Å²) in [4.78, 5) is 32.1. The Morgan fingerprint density at radius 2 is 1.76 bits per heavy atom. The van der Waals surface area contributed by atoms with Crippen molar-refractivity contribution in [3.05, 3.63) is 124 Å². The van der Waals surface area contributed by atoms with Crippen molar-refractivity contribution in [2.75, 3.05) is 13.2 Å². The minimum atomic E-state index is -0.668. The maximum absolute atomic E-state index is 13.9. The van der Waals surface area contributed by atoms with Gasteiger partial charge in [-0.1, -0.05) is 69.2 Å². The number of allylic oxidation sites excluding steroid dienone is 1.